The van der Waals surface area contributed by atoms with Crippen LogP contribution in [0.15, 0.2) is 0 Å². The number of amides is 1. The van der Waals surface area contributed by atoms with Crippen molar-refractivity contribution in [1.29, 1.82) is 0 Å². The minimum absolute atomic E-state index is 0.0568. The van der Waals surface area contributed by atoms with Gasteiger partial charge in [-0.15, -0.1) is 5.10 Å². The summed E-state index contributed by atoms with van der Waals surface area (Å²) in [4.78, 5) is 12.5. The third-order valence-corrected chi connectivity index (χ3v) is 3.33. The first-order chi connectivity index (χ1) is 8.10. The highest BCUT2D eigenvalue weighted by Crippen LogP contribution is 2.13. The third-order valence-electron chi connectivity index (χ3n) is 2.57. The Hall–Kier alpha value is -1.01. The molecule has 1 heterocycles. The number of carbonyl (C=O) groups is 1. The Morgan fingerprint density at radius 2 is 2.24 bits per heavy atom. The lowest BCUT2D eigenvalue weighted by atomic mass is 10.1. The maximum atomic E-state index is 12.0. The summed E-state index contributed by atoms with van der Waals surface area (Å²) in [5.74, 6) is 0.00987. The van der Waals surface area contributed by atoms with E-state index in [4.69, 9.17) is 0 Å². The summed E-state index contributed by atoms with van der Waals surface area (Å²) in [6.45, 7) is 5.89. The molecule has 0 aliphatic heterocycles. The smallest absolute Gasteiger partial charge is 0.265 e. The van der Waals surface area contributed by atoms with Gasteiger partial charge in [0.25, 0.3) is 5.91 Å². The van der Waals surface area contributed by atoms with Crippen LogP contribution in [-0.4, -0.2) is 33.2 Å². The average molecular weight is 257 g/mol. The highest BCUT2D eigenvalue weighted by atomic mass is 32.1. The van der Waals surface area contributed by atoms with E-state index in [1.54, 1.807) is 0 Å². The summed E-state index contributed by atoms with van der Waals surface area (Å²) < 4.78 is 3.81. The molecule has 0 saturated heterocycles. The van der Waals surface area contributed by atoms with Crippen LogP contribution < -0.4 is 5.32 Å². The largest absolute Gasteiger partial charge is 0.394 e. The van der Waals surface area contributed by atoms with E-state index in [-0.39, 0.29) is 24.5 Å². The van der Waals surface area contributed by atoms with Gasteiger partial charge < -0.3 is 10.4 Å². The summed E-state index contributed by atoms with van der Waals surface area (Å²) in [5.41, 5.74) is 0.746. The molecule has 5 nitrogen and oxygen atoms in total. The Morgan fingerprint density at radius 1 is 1.53 bits per heavy atom. The van der Waals surface area contributed by atoms with E-state index >= 15 is 0 Å². The Labute approximate surface area is 105 Å². The normalized spacial score (nSPS) is 12.8. The lowest BCUT2D eigenvalue weighted by Gasteiger charge is -2.19. The fraction of sp³-hybridized carbons (Fsp3) is 0.727. The van der Waals surface area contributed by atoms with Gasteiger partial charge in [0.05, 0.1) is 18.3 Å². The second-order valence-corrected chi connectivity index (χ2v) is 5.06. The highest BCUT2D eigenvalue weighted by molar-refractivity contribution is 7.08. The van der Waals surface area contributed by atoms with Crippen molar-refractivity contribution in [2.75, 3.05) is 6.61 Å². The molecule has 0 spiro atoms. The summed E-state index contributed by atoms with van der Waals surface area (Å²) in [6, 6.07) is -0.223. The molecular formula is C11H19N3O2S. The van der Waals surface area contributed by atoms with Crippen molar-refractivity contribution in [3.8, 4) is 0 Å². The summed E-state index contributed by atoms with van der Waals surface area (Å²) in [7, 11) is 0. The van der Waals surface area contributed by atoms with E-state index < -0.39 is 0 Å². The van der Waals surface area contributed by atoms with Crippen molar-refractivity contribution in [2.45, 2.75) is 39.7 Å². The SMILES string of the molecule is CCCc1nnsc1C(=O)NC(CO)C(C)C. The molecule has 1 amide bonds. The fourth-order valence-electron chi connectivity index (χ4n) is 1.44. The Kier molecular flexibility index (Phi) is 5.50. The second kappa shape index (κ2) is 6.66. The van der Waals surface area contributed by atoms with Gasteiger partial charge in [0.2, 0.25) is 0 Å². The molecule has 6 heteroatoms. The number of aromatic nitrogens is 2. The number of aliphatic hydroxyl groups is 1. The van der Waals surface area contributed by atoms with Gasteiger partial charge in [-0.05, 0) is 23.9 Å². The number of nitrogens with zero attached hydrogens (tertiary/aromatic N) is 2. The lowest BCUT2D eigenvalue weighted by molar-refractivity contribution is 0.0900. The van der Waals surface area contributed by atoms with E-state index in [9.17, 15) is 9.90 Å². The topological polar surface area (TPSA) is 75.1 Å². The molecule has 0 fully saturated rings. The molecule has 17 heavy (non-hydrogen) atoms. The Bertz CT molecular complexity index is 365. The average Bonchev–Trinajstić information content (AvgIpc) is 2.74. The first-order valence-electron chi connectivity index (χ1n) is 5.83. The van der Waals surface area contributed by atoms with E-state index in [0.717, 1.165) is 30.1 Å². The highest BCUT2D eigenvalue weighted by Gasteiger charge is 2.20. The van der Waals surface area contributed by atoms with Crippen LogP contribution in [0.5, 0.6) is 0 Å². The van der Waals surface area contributed by atoms with Gasteiger partial charge in [0.15, 0.2) is 0 Å². The molecule has 0 bridgehead atoms. The number of nitrogens with one attached hydrogen (secondary N) is 1. The number of carbonyl (C=O) groups excluding carboxylic acids is 1. The second-order valence-electron chi connectivity index (χ2n) is 4.31. The van der Waals surface area contributed by atoms with Gasteiger partial charge in [0.1, 0.15) is 4.88 Å². The monoisotopic (exact) mass is 257 g/mol. The van der Waals surface area contributed by atoms with Crippen LogP contribution in [0.2, 0.25) is 0 Å². The Morgan fingerprint density at radius 3 is 2.76 bits per heavy atom. The van der Waals surface area contributed by atoms with Crippen LogP contribution in [0.25, 0.3) is 0 Å². The van der Waals surface area contributed by atoms with Crippen molar-refractivity contribution in [3.05, 3.63) is 10.6 Å². The number of rotatable bonds is 6. The molecular weight excluding hydrogens is 238 g/mol. The minimum Gasteiger partial charge on any atom is -0.394 e. The van der Waals surface area contributed by atoms with Crippen molar-refractivity contribution in [3.63, 3.8) is 0 Å². The Balaban J connectivity index is 2.71. The first kappa shape index (κ1) is 14.1. The van der Waals surface area contributed by atoms with E-state index in [1.165, 1.54) is 0 Å². The van der Waals surface area contributed by atoms with Crippen LogP contribution >= 0.6 is 11.5 Å². The number of hydrogen-bond acceptors (Lipinski definition) is 5. The molecule has 2 N–H and O–H groups in total. The van der Waals surface area contributed by atoms with Crippen molar-refractivity contribution in [2.24, 2.45) is 5.92 Å². The molecule has 0 aliphatic carbocycles. The zero-order chi connectivity index (χ0) is 12.8. The quantitative estimate of drug-likeness (QED) is 0.804. The predicted octanol–water partition coefficient (Wildman–Crippen LogP) is 1.24. The zero-order valence-electron chi connectivity index (χ0n) is 10.4. The van der Waals surface area contributed by atoms with E-state index in [1.807, 2.05) is 20.8 Å². The van der Waals surface area contributed by atoms with Crippen LogP contribution in [0.4, 0.5) is 0 Å². The molecule has 0 aliphatic rings. The molecule has 1 atom stereocenters. The van der Waals surface area contributed by atoms with Crippen molar-refractivity contribution >= 4 is 17.4 Å². The van der Waals surface area contributed by atoms with Gasteiger partial charge in [-0.1, -0.05) is 31.7 Å². The maximum absolute atomic E-state index is 12.0. The molecule has 1 unspecified atom stereocenters. The number of aryl methyl sites for hydroxylation is 1. The van der Waals surface area contributed by atoms with Gasteiger partial charge >= 0.3 is 0 Å². The van der Waals surface area contributed by atoms with Crippen LogP contribution in [0.3, 0.4) is 0 Å². The molecule has 1 aromatic rings. The molecule has 96 valence electrons. The van der Waals surface area contributed by atoms with Crippen LogP contribution in [0.1, 0.15) is 42.6 Å². The molecule has 0 saturated carbocycles. The summed E-state index contributed by atoms with van der Waals surface area (Å²) in [6.07, 6.45) is 1.68. The van der Waals surface area contributed by atoms with Gasteiger partial charge in [-0.25, -0.2) is 0 Å². The molecule has 0 aromatic carbocycles. The number of hydrogen-bond donors (Lipinski definition) is 2. The standard InChI is InChI=1S/C11H19N3O2S/c1-4-5-8-10(17-14-13-8)11(16)12-9(6-15)7(2)3/h7,9,15H,4-6H2,1-3H3,(H,12,16). The van der Waals surface area contributed by atoms with Crippen molar-refractivity contribution < 1.29 is 9.90 Å². The van der Waals surface area contributed by atoms with E-state index in [2.05, 4.69) is 14.9 Å². The van der Waals surface area contributed by atoms with E-state index in [0.29, 0.717) is 4.88 Å². The minimum atomic E-state index is -0.223. The van der Waals surface area contributed by atoms with Crippen LogP contribution in [-0.2, 0) is 6.42 Å². The third kappa shape index (κ3) is 3.74. The fourth-order valence-corrected chi connectivity index (χ4v) is 2.05. The zero-order valence-corrected chi connectivity index (χ0v) is 11.3. The first-order valence-corrected chi connectivity index (χ1v) is 6.60. The summed E-state index contributed by atoms with van der Waals surface area (Å²) in [5, 5.41) is 15.9. The summed E-state index contributed by atoms with van der Waals surface area (Å²) >= 11 is 1.11. The molecule has 0 radical (unpaired) electrons. The van der Waals surface area contributed by atoms with Gasteiger partial charge in [-0.2, -0.15) is 0 Å². The lowest BCUT2D eigenvalue weighted by Crippen LogP contribution is -2.41. The van der Waals surface area contributed by atoms with Gasteiger partial charge in [0, 0.05) is 0 Å². The van der Waals surface area contributed by atoms with Crippen molar-refractivity contribution in [1.82, 2.24) is 14.9 Å². The predicted molar refractivity (Wildman–Crippen MR) is 67.1 cm³/mol. The molecule has 1 aromatic heterocycles. The van der Waals surface area contributed by atoms with Crippen LogP contribution in [0, 0.1) is 5.92 Å². The number of aliphatic hydroxyl groups excluding tert-OH is 1. The maximum Gasteiger partial charge on any atom is 0.265 e. The van der Waals surface area contributed by atoms with Gasteiger partial charge in [-0.3, -0.25) is 4.79 Å². The molecule has 1 rings (SSSR count).